The molecular formula is C26H23ClO2S. The summed E-state index contributed by atoms with van der Waals surface area (Å²) in [6.45, 7) is 2.22. The van der Waals surface area contributed by atoms with Crippen molar-refractivity contribution in [1.29, 1.82) is 0 Å². The maximum atomic E-state index is 13.2. The largest absolute Gasteiger partial charge is 0.289 e. The third kappa shape index (κ3) is 4.10. The quantitative estimate of drug-likeness (QED) is 0.284. The standard InChI is InChI=1S/C26H23ClO2S/c1-2-3-4-5-8-17-13-15-18(16-14-17)30-22-12-7-10-20-24(22)26(29)19-9-6-11-21(27)23(19)25(20)28/h6-7,9-16H,2-5,8H2,1H3. The van der Waals surface area contributed by atoms with Gasteiger partial charge in [0.05, 0.1) is 10.6 Å². The van der Waals surface area contributed by atoms with Crippen LogP contribution in [0.4, 0.5) is 0 Å². The number of hydrogen-bond donors (Lipinski definition) is 0. The van der Waals surface area contributed by atoms with Crippen molar-refractivity contribution >= 4 is 34.9 Å². The van der Waals surface area contributed by atoms with E-state index in [1.165, 1.54) is 43.0 Å². The molecule has 0 radical (unpaired) electrons. The second kappa shape index (κ2) is 9.20. The number of ketones is 2. The minimum absolute atomic E-state index is 0.141. The maximum absolute atomic E-state index is 13.2. The zero-order valence-electron chi connectivity index (χ0n) is 16.9. The van der Waals surface area contributed by atoms with Crippen LogP contribution in [0.2, 0.25) is 5.02 Å². The molecule has 0 spiro atoms. The van der Waals surface area contributed by atoms with Crippen LogP contribution >= 0.6 is 23.4 Å². The number of benzene rings is 3. The Morgan fingerprint density at radius 2 is 1.43 bits per heavy atom. The molecule has 152 valence electrons. The van der Waals surface area contributed by atoms with Crippen LogP contribution in [0.25, 0.3) is 0 Å². The van der Waals surface area contributed by atoms with Gasteiger partial charge in [0.2, 0.25) is 0 Å². The van der Waals surface area contributed by atoms with Gasteiger partial charge >= 0.3 is 0 Å². The van der Waals surface area contributed by atoms with Gasteiger partial charge in [0.15, 0.2) is 11.6 Å². The predicted octanol–water partition coefficient (Wildman–Crippen LogP) is 7.39. The highest BCUT2D eigenvalue weighted by atomic mass is 35.5. The summed E-state index contributed by atoms with van der Waals surface area (Å²) in [5.41, 5.74) is 2.94. The second-order valence-electron chi connectivity index (χ2n) is 7.56. The van der Waals surface area contributed by atoms with Crippen molar-refractivity contribution in [3.8, 4) is 0 Å². The first kappa shape index (κ1) is 20.9. The first-order chi connectivity index (χ1) is 14.6. The van der Waals surface area contributed by atoms with E-state index in [4.69, 9.17) is 11.6 Å². The van der Waals surface area contributed by atoms with Gasteiger partial charge in [0.1, 0.15) is 0 Å². The average molecular weight is 435 g/mol. The molecule has 0 bridgehead atoms. The van der Waals surface area contributed by atoms with Gasteiger partial charge < -0.3 is 0 Å². The lowest BCUT2D eigenvalue weighted by Crippen LogP contribution is -2.22. The molecule has 0 aromatic heterocycles. The van der Waals surface area contributed by atoms with E-state index in [0.717, 1.165) is 16.2 Å². The van der Waals surface area contributed by atoms with Crippen molar-refractivity contribution in [3.63, 3.8) is 0 Å². The smallest absolute Gasteiger partial charge is 0.196 e. The SMILES string of the molecule is CCCCCCc1ccc(Sc2cccc3c2C(=O)c2cccc(Cl)c2C3=O)cc1. The van der Waals surface area contributed by atoms with Crippen molar-refractivity contribution in [2.45, 2.75) is 48.8 Å². The van der Waals surface area contributed by atoms with Crippen molar-refractivity contribution in [2.24, 2.45) is 0 Å². The Labute approximate surface area is 186 Å². The maximum Gasteiger partial charge on any atom is 0.196 e. The normalized spacial score (nSPS) is 12.6. The number of carbonyl (C=O) groups is 2. The van der Waals surface area contributed by atoms with Gasteiger partial charge in [-0.2, -0.15) is 0 Å². The minimum atomic E-state index is -0.185. The number of halogens is 1. The Morgan fingerprint density at radius 3 is 2.17 bits per heavy atom. The van der Waals surface area contributed by atoms with E-state index in [0.29, 0.717) is 27.3 Å². The van der Waals surface area contributed by atoms with Crippen LogP contribution in [0, 0.1) is 0 Å². The lowest BCUT2D eigenvalue weighted by atomic mass is 9.84. The molecule has 30 heavy (non-hydrogen) atoms. The highest BCUT2D eigenvalue weighted by Gasteiger charge is 2.33. The summed E-state index contributed by atoms with van der Waals surface area (Å²) in [6.07, 6.45) is 6.11. The van der Waals surface area contributed by atoms with E-state index in [1.54, 1.807) is 24.3 Å². The highest BCUT2D eigenvalue weighted by molar-refractivity contribution is 7.99. The van der Waals surface area contributed by atoms with E-state index < -0.39 is 0 Å². The third-order valence-electron chi connectivity index (χ3n) is 5.45. The Morgan fingerprint density at radius 1 is 0.767 bits per heavy atom. The van der Waals surface area contributed by atoms with Crippen LogP contribution in [-0.4, -0.2) is 11.6 Å². The first-order valence-electron chi connectivity index (χ1n) is 10.4. The fourth-order valence-electron chi connectivity index (χ4n) is 3.86. The number of aryl methyl sites for hydroxylation is 1. The van der Waals surface area contributed by atoms with Crippen LogP contribution in [0.1, 0.15) is 70.0 Å². The Bertz CT molecular complexity index is 1100. The number of rotatable bonds is 7. The van der Waals surface area contributed by atoms with Crippen molar-refractivity contribution in [1.82, 2.24) is 0 Å². The molecule has 0 fully saturated rings. The molecule has 3 aromatic carbocycles. The number of unbranched alkanes of at least 4 members (excludes halogenated alkanes) is 3. The van der Waals surface area contributed by atoms with Gasteiger partial charge in [-0.05, 0) is 42.7 Å². The summed E-state index contributed by atoms with van der Waals surface area (Å²) in [4.78, 5) is 28.1. The number of fused-ring (bicyclic) bond motifs is 2. The van der Waals surface area contributed by atoms with Gasteiger partial charge in [-0.1, -0.05) is 85.9 Å². The Hall–Kier alpha value is -2.36. The Kier molecular flexibility index (Phi) is 6.40. The molecule has 0 saturated carbocycles. The molecule has 4 heteroatoms. The molecule has 0 N–H and O–H groups in total. The predicted molar refractivity (Wildman–Crippen MR) is 123 cm³/mol. The molecule has 0 aliphatic heterocycles. The summed E-state index contributed by atoms with van der Waals surface area (Å²) >= 11 is 7.75. The summed E-state index contributed by atoms with van der Waals surface area (Å²) in [5.74, 6) is -0.326. The van der Waals surface area contributed by atoms with Crippen LogP contribution in [0.5, 0.6) is 0 Å². The summed E-state index contributed by atoms with van der Waals surface area (Å²) < 4.78 is 0. The van der Waals surface area contributed by atoms with Crippen molar-refractivity contribution < 1.29 is 9.59 Å². The van der Waals surface area contributed by atoms with E-state index in [2.05, 4.69) is 31.2 Å². The second-order valence-corrected chi connectivity index (χ2v) is 9.08. The molecule has 0 unspecified atom stereocenters. The molecule has 1 aliphatic carbocycles. The molecule has 0 heterocycles. The van der Waals surface area contributed by atoms with E-state index in [9.17, 15) is 9.59 Å². The number of carbonyl (C=O) groups excluding carboxylic acids is 2. The van der Waals surface area contributed by atoms with Crippen LogP contribution in [0.3, 0.4) is 0 Å². The zero-order valence-corrected chi connectivity index (χ0v) is 18.5. The highest BCUT2D eigenvalue weighted by Crippen LogP contribution is 2.38. The molecule has 0 amide bonds. The van der Waals surface area contributed by atoms with Crippen molar-refractivity contribution in [2.75, 3.05) is 0 Å². The lowest BCUT2D eigenvalue weighted by Gasteiger charge is -2.20. The fourth-order valence-corrected chi connectivity index (χ4v) is 5.10. The van der Waals surface area contributed by atoms with E-state index in [-0.39, 0.29) is 11.6 Å². The Balaban J connectivity index is 1.59. The molecule has 0 atom stereocenters. The monoisotopic (exact) mass is 434 g/mol. The van der Waals surface area contributed by atoms with Crippen molar-refractivity contribution in [3.05, 3.63) is 93.5 Å². The van der Waals surface area contributed by atoms with Crippen LogP contribution < -0.4 is 0 Å². The lowest BCUT2D eigenvalue weighted by molar-refractivity contribution is 0.0977. The van der Waals surface area contributed by atoms with Gasteiger partial charge in [-0.3, -0.25) is 9.59 Å². The van der Waals surface area contributed by atoms with Crippen LogP contribution in [-0.2, 0) is 6.42 Å². The third-order valence-corrected chi connectivity index (χ3v) is 6.84. The molecule has 0 saturated heterocycles. The van der Waals surface area contributed by atoms with Crippen LogP contribution in [0.15, 0.2) is 70.5 Å². The van der Waals surface area contributed by atoms with Gasteiger partial charge in [0.25, 0.3) is 0 Å². The first-order valence-corrected chi connectivity index (χ1v) is 11.6. The van der Waals surface area contributed by atoms with Gasteiger partial charge in [-0.25, -0.2) is 0 Å². The zero-order chi connectivity index (χ0) is 21.1. The van der Waals surface area contributed by atoms with E-state index in [1.807, 2.05) is 12.1 Å². The average Bonchev–Trinajstić information content (AvgIpc) is 2.76. The van der Waals surface area contributed by atoms with E-state index >= 15 is 0 Å². The van der Waals surface area contributed by atoms with Gasteiger partial charge in [0, 0.05) is 26.5 Å². The molecule has 3 aromatic rings. The van der Waals surface area contributed by atoms with Gasteiger partial charge in [-0.15, -0.1) is 0 Å². The fraction of sp³-hybridized carbons (Fsp3) is 0.231. The molecule has 2 nitrogen and oxygen atoms in total. The molecule has 4 rings (SSSR count). The summed E-state index contributed by atoms with van der Waals surface area (Å²) in [6, 6.07) is 19.0. The topological polar surface area (TPSA) is 34.1 Å². The minimum Gasteiger partial charge on any atom is -0.289 e. The summed E-state index contributed by atoms with van der Waals surface area (Å²) in [5, 5.41) is 0.323. The molecule has 1 aliphatic rings. The number of hydrogen-bond acceptors (Lipinski definition) is 3. The molecular weight excluding hydrogens is 412 g/mol. The summed E-state index contributed by atoms with van der Waals surface area (Å²) in [7, 11) is 0.